The number of hydrogen-bond donors (Lipinski definition) is 0. The Morgan fingerprint density at radius 2 is 1.51 bits per heavy atom. The molecule has 0 bridgehead atoms. The lowest BCUT2D eigenvalue weighted by atomic mass is 9.95. The van der Waals surface area contributed by atoms with Gasteiger partial charge in [0, 0.05) is 23.7 Å². The molecule has 0 amide bonds. The summed E-state index contributed by atoms with van der Waals surface area (Å²) in [7, 11) is 0. The Morgan fingerprint density at radius 3 is 2.15 bits per heavy atom. The number of nitrogens with zero attached hydrogens (tertiary/aromatic N) is 1. The first-order valence-corrected chi connectivity index (χ1v) is 13.4. The van der Waals surface area contributed by atoms with Gasteiger partial charge in [0.2, 0.25) is 0 Å². The molecule has 1 fully saturated rings. The molecule has 0 saturated carbocycles. The van der Waals surface area contributed by atoms with Crippen LogP contribution in [0.3, 0.4) is 0 Å². The Hall–Kier alpha value is -4.30. The Kier molecular flexibility index (Phi) is 8.59. The predicted molar refractivity (Wildman–Crippen MR) is 149 cm³/mol. The summed E-state index contributed by atoms with van der Waals surface area (Å²) in [6, 6.07) is 28.6. The molecule has 0 N–H and O–H groups in total. The molecule has 212 valence electrons. The zero-order chi connectivity index (χ0) is 28.8. The molecule has 1 heterocycles. The fourth-order valence-corrected chi connectivity index (χ4v) is 5.23. The van der Waals surface area contributed by atoms with Crippen LogP contribution in [0.1, 0.15) is 51.5 Å². The minimum absolute atomic E-state index is 0.00961. The molecule has 41 heavy (non-hydrogen) atoms. The van der Waals surface area contributed by atoms with Gasteiger partial charge in [-0.25, -0.2) is 4.79 Å². The van der Waals surface area contributed by atoms with Gasteiger partial charge in [0.05, 0.1) is 0 Å². The van der Waals surface area contributed by atoms with Gasteiger partial charge in [-0.05, 0) is 55.6 Å². The molecule has 1 atom stereocenters. The van der Waals surface area contributed by atoms with E-state index in [1.54, 1.807) is 30.3 Å². The maximum absolute atomic E-state index is 13.8. The summed E-state index contributed by atoms with van der Waals surface area (Å²) in [5.41, 5.74) is 2.12. The number of ether oxygens (including phenoxy) is 3. The van der Waals surface area contributed by atoms with Crippen LogP contribution in [0.4, 0.5) is 13.2 Å². The molecule has 1 unspecified atom stereocenters. The highest BCUT2D eigenvalue weighted by atomic mass is 19.4. The van der Waals surface area contributed by atoms with E-state index in [0.717, 1.165) is 17.5 Å². The van der Waals surface area contributed by atoms with Gasteiger partial charge >= 0.3 is 12.3 Å². The van der Waals surface area contributed by atoms with Crippen molar-refractivity contribution in [2.45, 2.75) is 45.3 Å². The van der Waals surface area contributed by atoms with Gasteiger partial charge in [0.1, 0.15) is 29.4 Å². The summed E-state index contributed by atoms with van der Waals surface area (Å²) < 4.78 is 57.7. The minimum Gasteiger partial charge on any atom is -0.488 e. The summed E-state index contributed by atoms with van der Waals surface area (Å²) in [6.45, 7) is 2.83. The molecule has 1 saturated heterocycles. The van der Waals surface area contributed by atoms with Crippen LogP contribution in [0.25, 0.3) is 0 Å². The average molecular weight is 562 g/mol. The van der Waals surface area contributed by atoms with Crippen LogP contribution in [0, 0.1) is 6.92 Å². The molecular formula is C33H30F3NO4. The lowest BCUT2D eigenvalue weighted by molar-refractivity contribution is -0.275. The van der Waals surface area contributed by atoms with Crippen LogP contribution in [0.5, 0.6) is 17.2 Å². The van der Waals surface area contributed by atoms with Gasteiger partial charge < -0.3 is 14.2 Å². The van der Waals surface area contributed by atoms with Crippen molar-refractivity contribution in [3.8, 4) is 17.2 Å². The van der Waals surface area contributed by atoms with Crippen LogP contribution >= 0.6 is 0 Å². The highest BCUT2D eigenvalue weighted by Gasteiger charge is 2.38. The zero-order valence-electron chi connectivity index (χ0n) is 22.6. The average Bonchev–Trinajstić information content (AvgIpc) is 3.41. The van der Waals surface area contributed by atoms with Crippen LogP contribution in [0.15, 0.2) is 97.1 Å². The van der Waals surface area contributed by atoms with E-state index in [1.807, 2.05) is 60.7 Å². The van der Waals surface area contributed by atoms with Gasteiger partial charge in [-0.15, -0.1) is 13.2 Å². The van der Waals surface area contributed by atoms with E-state index in [4.69, 9.17) is 9.47 Å². The smallest absolute Gasteiger partial charge is 0.488 e. The van der Waals surface area contributed by atoms with E-state index in [0.29, 0.717) is 25.1 Å². The number of carbonyl (C=O) groups is 1. The number of carbonyl (C=O) groups excluding carboxylic acids is 1. The molecule has 5 rings (SSSR count). The van der Waals surface area contributed by atoms with E-state index in [9.17, 15) is 18.0 Å². The molecule has 0 spiro atoms. The van der Waals surface area contributed by atoms with E-state index in [2.05, 4.69) is 9.64 Å². The van der Waals surface area contributed by atoms with Crippen LogP contribution in [-0.4, -0.2) is 23.8 Å². The molecule has 5 nitrogen and oxygen atoms in total. The minimum atomic E-state index is -4.96. The maximum Gasteiger partial charge on any atom is 0.573 e. The van der Waals surface area contributed by atoms with Gasteiger partial charge in [-0.2, -0.15) is 0 Å². The largest absolute Gasteiger partial charge is 0.573 e. The monoisotopic (exact) mass is 561 g/mol. The number of esters is 1. The van der Waals surface area contributed by atoms with Crippen molar-refractivity contribution in [2.24, 2.45) is 0 Å². The first-order chi connectivity index (χ1) is 19.8. The summed E-state index contributed by atoms with van der Waals surface area (Å²) in [5.74, 6) is -0.820. The van der Waals surface area contributed by atoms with Crippen molar-refractivity contribution in [1.82, 2.24) is 4.90 Å². The molecule has 0 aromatic heterocycles. The van der Waals surface area contributed by atoms with Crippen molar-refractivity contribution in [3.05, 3.63) is 125 Å². The van der Waals surface area contributed by atoms with Gasteiger partial charge in [-0.1, -0.05) is 78.9 Å². The van der Waals surface area contributed by atoms with E-state index in [-0.39, 0.29) is 35.3 Å². The van der Waals surface area contributed by atoms with Crippen molar-refractivity contribution in [1.29, 1.82) is 0 Å². The number of likely N-dealkylation sites (tertiary alicyclic amines) is 1. The Balaban J connectivity index is 1.59. The van der Waals surface area contributed by atoms with E-state index in [1.165, 1.54) is 13.0 Å². The number of hydrogen-bond acceptors (Lipinski definition) is 5. The summed E-state index contributed by atoms with van der Waals surface area (Å²) in [5, 5.41) is 0. The topological polar surface area (TPSA) is 48.0 Å². The number of rotatable bonds is 9. The Morgan fingerprint density at radius 1 is 0.902 bits per heavy atom. The molecule has 1 aliphatic heterocycles. The third-order valence-corrected chi connectivity index (χ3v) is 7.07. The van der Waals surface area contributed by atoms with E-state index < -0.39 is 18.1 Å². The first kappa shape index (κ1) is 28.2. The van der Waals surface area contributed by atoms with Crippen LogP contribution in [-0.2, 0) is 13.2 Å². The number of benzene rings is 4. The predicted octanol–water partition coefficient (Wildman–Crippen LogP) is 8.03. The fraction of sp³-hybridized carbons (Fsp3) is 0.242. The van der Waals surface area contributed by atoms with Crippen LogP contribution in [0.2, 0.25) is 0 Å². The molecule has 4 aromatic carbocycles. The van der Waals surface area contributed by atoms with Gasteiger partial charge in [0.15, 0.2) is 0 Å². The highest BCUT2D eigenvalue weighted by Crippen LogP contribution is 2.45. The van der Waals surface area contributed by atoms with Crippen molar-refractivity contribution < 1.29 is 32.2 Å². The van der Waals surface area contributed by atoms with Crippen molar-refractivity contribution >= 4 is 5.97 Å². The number of alkyl halides is 3. The Labute approximate surface area is 237 Å². The lowest BCUT2D eigenvalue weighted by Crippen LogP contribution is -2.26. The third-order valence-electron chi connectivity index (χ3n) is 7.07. The van der Waals surface area contributed by atoms with Gasteiger partial charge in [0.25, 0.3) is 0 Å². The highest BCUT2D eigenvalue weighted by molar-refractivity contribution is 5.96. The number of halogens is 3. The normalized spacial score (nSPS) is 15.5. The number of para-hydroxylation sites is 1. The summed E-state index contributed by atoms with van der Waals surface area (Å²) in [6.07, 6.45) is -3.53. The Bertz CT molecular complexity index is 1460. The standard InChI is InChI=1S/C33H30F3NO4/c1-23-30(32(38)40-26-16-9-4-10-17-26)29(39-22-25-14-7-3-8-15-25)20-27(31(23)41-33(34,35)36)28-18-11-19-37(28)21-24-12-5-2-6-13-24/h2-10,12-17,20,28H,11,18-19,21-22H2,1H3. The molecule has 0 aliphatic carbocycles. The maximum atomic E-state index is 13.8. The van der Waals surface area contributed by atoms with Crippen LogP contribution < -0.4 is 14.2 Å². The second-order valence-corrected chi connectivity index (χ2v) is 9.93. The van der Waals surface area contributed by atoms with E-state index >= 15 is 0 Å². The first-order valence-electron chi connectivity index (χ1n) is 13.4. The summed E-state index contributed by atoms with van der Waals surface area (Å²) in [4.78, 5) is 15.6. The summed E-state index contributed by atoms with van der Waals surface area (Å²) >= 11 is 0. The quantitative estimate of drug-likeness (QED) is 0.153. The van der Waals surface area contributed by atoms with Crippen molar-refractivity contribution in [3.63, 3.8) is 0 Å². The lowest BCUT2D eigenvalue weighted by Gasteiger charge is -2.29. The van der Waals surface area contributed by atoms with Gasteiger partial charge in [-0.3, -0.25) is 4.90 Å². The molecule has 8 heteroatoms. The molecule has 1 aliphatic rings. The molecular weight excluding hydrogens is 531 g/mol. The van der Waals surface area contributed by atoms with Crippen molar-refractivity contribution in [2.75, 3.05) is 6.54 Å². The third kappa shape index (κ3) is 7.08. The second kappa shape index (κ2) is 12.5. The molecule has 4 aromatic rings. The zero-order valence-corrected chi connectivity index (χ0v) is 22.6. The SMILES string of the molecule is Cc1c(OC(F)(F)F)c(C2CCCN2Cc2ccccc2)cc(OCc2ccccc2)c1C(=O)Oc1ccccc1. The molecule has 0 radical (unpaired) electrons. The fourth-order valence-electron chi connectivity index (χ4n) is 5.23. The second-order valence-electron chi connectivity index (χ2n) is 9.93.